The van der Waals surface area contributed by atoms with Crippen LogP contribution in [0.1, 0.15) is 85.0 Å². The summed E-state index contributed by atoms with van der Waals surface area (Å²) in [5, 5.41) is 3.77. The van der Waals surface area contributed by atoms with Crippen molar-refractivity contribution in [2.45, 2.75) is 90.5 Å². The van der Waals surface area contributed by atoms with Gasteiger partial charge in [-0.15, -0.1) is 0 Å². The van der Waals surface area contributed by atoms with E-state index in [1.54, 1.807) is 0 Å². The van der Waals surface area contributed by atoms with Crippen molar-refractivity contribution >= 4 is 5.69 Å². The molecule has 0 amide bonds. The number of nitrogens with one attached hydrogen (secondary N) is 1. The lowest BCUT2D eigenvalue weighted by Crippen LogP contribution is -2.34. The number of hydrogen-bond donors (Lipinski definition) is 1. The maximum atomic E-state index is 4.11. The van der Waals surface area contributed by atoms with E-state index in [1.165, 1.54) is 69.9 Å². The third kappa shape index (κ3) is 8.08. The van der Waals surface area contributed by atoms with Gasteiger partial charge in [-0.05, 0) is 31.9 Å². The van der Waals surface area contributed by atoms with E-state index in [0.717, 1.165) is 0 Å². The second kappa shape index (κ2) is 10.6. The molecule has 1 aromatic heterocycles. The number of anilines is 1. The Labute approximate surface area is 131 Å². The number of pyridine rings is 1. The van der Waals surface area contributed by atoms with Gasteiger partial charge < -0.3 is 5.32 Å². The van der Waals surface area contributed by atoms with Gasteiger partial charge in [-0.25, -0.2) is 0 Å². The minimum atomic E-state index is 0.225. The van der Waals surface area contributed by atoms with E-state index in [1.807, 2.05) is 12.4 Å². The summed E-state index contributed by atoms with van der Waals surface area (Å²) in [7, 11) is 0. The topological polar surface area (TPSA) is 24.9 Å². The minimum absolute atomic E-state index is 0.225. The van der Waals surface area contributed by atoms with Gasteiger partial charge in [0.1, 0.15) is 0 Å². The monoisotopic (exact) mass is 290 g/mol. The first-order valence-corrected chi connectivity index (χ1v) is 8.88. The van der Waals surface area contributed by atoms with E-state index in [4.69, 9.17) is 0 Å². The lowest BCUT2D eigenvalue weighted by Gasteiger charge is -2.32. The molecule has 0 aliphatic rings. The molecule has 1 heterocycles. The lowest BCUT2D eigenvalue weighted by atomic mass is 9.88. The summed E-state index contributed by atoms with van der Waals surface area (Å²) in [5.41, 5.74) is 1.43. The Hall–Kier alpha value is -1.05. The molecular weight excluding hydrogens is 256 g/mol. The first-order chi connectivity index (χ1) is 10.2. The fourth-order valence-electron chi connectivity index (χ4n) is 2.92. The van der Waals surface area contributed by atoms with E-state index in [2.05, 4.69) is 43.2 Å². The number of aromatic nitrogens is 1. The number of hydrogen-bond acceptors (Lipinski definition) is 2. The van der Waals surface area contributed by atoms with Crippen molar-refractivity contribution in [3.05, 3.63) is 24.5 Å². The molecule has 0 spiro atoms. The van der Waals surface area contributed by atoms with Gasteiger partial charge in [-0.1, -0.05) is 65.2 Å². The van der Waals surface area contributed by atoms with Gasteiger partial charge in [-0.2, -0.15) is 0 Å². The Bertz CT molecular complexity index is 350. The van der Waals surface area contributed by atoms with E-state index in [0.29, 0.717) is 0 Å². The van der Waals surface area contributed by atoms with Crippen LogP contribution in [-0.2, 0) is 0 Å². The normalized spacial score (nSPS) is 13.9. The molecule has 0 radical (unpaired) electrons. The smallest absolute Gasteiger partial charge is 0.0375 e. The fraction of sp³-hybridized carbons (Fsp3) is 0.737. The number of unbranched alkanes of at least 4 members (excludes halogenated alkanes) is 6. The van der Waals surface area contributed by atoms with Crippen LogP contribution in [0.25, 0.3) is 0 Å². The van der Waals surface area contributed by atoms with Crippen LogP contribution < -0.4 is 5.32 Å². The van der Waals surface area contributed by atoms with E-state index in [9.17, 15) is 0 Å². The van der Waals surface area contributed by atoms with Gasteiger partial charge in [0, 0.05) is 23.6 Å². The van der Waals surface area contributed by atoms with E-state index >= 15 is 0 Å². The van der Waals surface area contributed by atoms with Gasteiger partial charge in [-0.3, -0.25) is 4.98 Å². The van der Waals surface area contributed by atoms with Gasteiger partial charge >= 0.3 is 0 Å². The molecule has 1 rings (SSSR count). The van der Waals surface area contributed by atoms with Crippen LogP contribution in [0.15, 0.2) is 24.5 Å². The third-order valence-corrected chi connectivity index (χ3v) is 4.29. The molecule has 120 valence electrons. The molecule has 2 nitrogen and oxygen atoms in total. The molecule has 2 heteroatoms. The van der Waals surface area contributed by atoms with Crippen molar-refractivity contribution in [1.29, 1.82) is 0 Å². The predicted molar refractivity (Wildman–Crippen MR) is 93.8 cm³/mol. The number of rotatable bonds is 12. The molecule has 1 unspecified atom stereocenters. The zero-order valence-electron chi connectivity index (χ0n) is 14.3. The summed E-state index contributed by atoms with van der Waals surface area (Å²) >= 11 is 0. The van der Waals surface area contributed by atoms with Gasteiger partial charge in [0.15, 0.2) is 0 Å². The minimum Gasteiger partial charge on any atom is -0.380 e. The third-order valence-electron chi connectivity index (χ3n) is 4.29. The Morgan fingerprint density at radius 3 is 2.00 bits per heavy atom. The largest absolute Gasteiger partial charge is 0.380 e. The van der Waals surface area contributed by atoms with Crippen LogP contribution in [0.3, 0.4) is 0 Å². The highest BCUT2D eigenvalue weighted by Gasteiger charge is 2.22. The molecule has 0 saturated carbocycles. The van der Waals surface area contributed by atoms with Crippen molar-refractivity contribution in [1.82, 2.24) is 4.98 Å². The molecule has 1 atom stereocenters. The Kier molecular flexibility index (Phi) is 9.12. The Balaban J connectivity index is 2.48. The van der Waals surface area contributed by atoms with Crippen molar-refractivity contribution in [3.63, 3.8) is 0 Å². The molecule has 0 aliphatic carbocycles. The second-order valence-electron chi connectivity index (χ2n) is 6.54. The van der Waals surface area contributed by atoms with Crippen LogP contribution in [0, 0.1) is 0 Å². The Morgan fingerprint density at radius 2 is 1.38 bits per heavy atom. The lowest BCUT2D eigenvalue weighted by molar-refractivity contribution is 0.396. The van der Waals surface area contributed by atoms with Gasteiger partial charge in [0.2, 0.25) is 0 Å². The van der Waals surface area contributed by atoms with Gasteiger partial charge in [0.05, 0.1) is 0 Å². The van der Waals surface area contributed by atoms with E-state index < -0.39 is 0 Å². The summed E-state index contributed by atoms with van der Waals surface area (Å²) in [6, 6.07) is 4.16. The highest BCUT2D eigenvalue weighted by molar-refractivity contribution is 5.43. The second-order valence-corrected chi connectivity index (χ2v) is 6.54. The standard InChI is InChI=1S/C19H34N2/c1-4-6-8-9-11-15-19(3,14-10-7-5-2)21-18-12-16-20-17-13-18/h12-13,16-17H,4-11,14-15H2,1-3H3,(H,20,21). The highest BCUT2D eigenvalue weighted by Crippen LogP contribution is 2.27. The molecule has 1 aromatic rings. The zero-order valence-corrected chi connectivity index (χ0v) is 14.3. The van der Waals surface area contributed by atoms with Crippen molar-refractivity contribution < 1.29 is 0 Å². The molecule has 1 N–H and O–H groups in total. The summed E-state index contributed by atoms with van der Waals surface area (Å²) in [6.45, 7) is 6.95. The van der Waals surface area contributed by atoms with E-state index in [-0.39, 0.29) is 5.54 Å². The molecule has 0 saturated heterocycles. The predicted octanol–water partition coefficient (Wildman–Crippen LogP) is 6.19. The van der Waals surface area contributed by atoms with Crippen LogP contribution in [-0.4, -0.2) is 10.5 Å². The summed E-state index contributed by atoms with van der Waals surface area (Å²) in [4.78, 5) is 4.11. The van der Waals surface area contributed by atoms with Gasteiger partial charge in [0.25, 0.3) is 0 Å². The molecule has 0 aromatic carbocycles. The molecular formula is C19H34N2. The van der Waals surface area contributed by atoms with Crippen LogP contribution in [0.5, 0.6) is 0 Å². The van der Waals surface area contributed by atoms with Crippen LogP contribution >= 0.6 is 0 Å². The first-order valence-electron chi connectivity index (χ1n) is 8.88. The molecule has 0 fully saturated rings. The summed E-state index contributed by atoms with van der Waals surface area (Å²) in [6.07, 6.45) is 17.0. The quantitative estimate of drug-likeness (QED) is 0.464. The van der Waals surface area contributed by atoms with Crippen molar-refractivity contribution in [2.75, 3.05) is 5.32 Å². The van der Waals surface area contributed by atoms with Crippen LogP contribution in [0.2, 0.25) is 0 Å². The highest BCUT2D eigenvalue weighted by atomic mass is 15.0. The summed E-state index contributed by atoms with van der Waals surface area (Å²) < 4.78 is 0. The average Bonchev–Trinajstić information content (AvgIpc) is 2.48. The Morgan fingerprint density at radius 1 is 0.857 bits per heavy atom. The summed E-state index contributed by atoms with van der Waals surface area (Å²) in [5.74, 6) is 0. The maximum absolute atomic E-state index is 4.11. The SMILES string of the molecule is CCCCCCCC(C)(CCCCC)Nc1ccncc1. The zero-order chi connectivity index (χ0) is 15.4. The molecule has 0 aliphatic heterocycles. The van der Waals surface area contributed by atoms with Crippen molar-refractivity contribution in [2.24, 2.45) is 0 Å². The number of nitrogens with zero attached hydrogens (tertiary/aromatic N) is 1. The van der Waals surface area contributed by atoms with Crippen molar-refractivity contribution in [3.8, 4) is 0 Å². The average molecular weight is 290 g/mol. The fourth-order valence-corrected chi connectivity index (χ4v) is 2.92. The maximum Gasteiger partial charge on any atom is 0.0375 e. The molecule has 21 heavy (non-hydrogen) atoms. The first kappa shape index (κ1) is 18.0. The van der Waals surface area contributed by atoms with Crippen LogP contribution in [0.4, 0.5) is 5.69 Å². The molecule has 0 bridgehead atoms.